The van der Waals surface area contributed by atoms with Crippen LogP contribution in [0.2, 0.25) is 0 Å². The van der Waals surface area contributed by atoms with Crippen molar-refractivity contribution < 1.29 is 19.1 Å². The molecule has 0 aromatic heterocycles. The molecule has 0 bridgehead atoms. The summed E-state index contributed by atoms with van der Waals surface area (Å²) in [5.41, 5.74) is 1.23. The second kappa shape index (κ2) is 9.62. The van der Waals surface area contributed by atoms with Gasteiger partial charge in [0, 0.05) is 11.6 Å². The minimum Gasteiger partial charge on any atom is -0.493 e. The first-order valence-electron chi connectivity index (χ1n) is 7.72. The van der Waals surface area contributed by atoms with Crippen molar-refractivity contribution in [2.75, 3.05) is 13.2 Å². The normalized spacial score (nSPS) is 11.8. The molecular weight excluding hydrogens is 292 g/mol. The summed E-state index contributed by atoms with van der Waals surface area (Å²) in [4.78, 5) is 23.4. The Labute approximate surface area is 137 Å². The van der Waals surface area contributed by atoms with E-state index in [0.29, 0.717) is 30.3 Å². The molecule has 1 aromatic rings. The van der Waals surface area contributed by atoms with Crippen LogP contribution >= 0.6 is 0 Å². The SMILES string of the molecule is CCOC(=O)C=C(C)C=CC(=O)c1ccc(OCC(C)C)cc1. The number of esters is 1. The van der Waals surface area contributed by atoms with Crippen LogP contribution in [0, 0.1) is 5.92 Å². The highest BCUT2D eigenvalue weighted by molar-refractivity contribution is 6.04. The van der Waals surface area contributed by atoms with Crippen LogP contribution < -0.4 is 4.74 Å². The summed E-state index contributed by atoms with van der Waals surface area (Å²) in [7, 11) is 0. The second-order valence-electron chi connectivity index (χ2n) is 5.57. The number of ketones is 1. The van der Waals surface area contributed by atoms with Gasteiger partial charge in [-0.1, -0.05) is 19.9 Å². The van der Waals surface area contributed by atoms with Gasteiger partial charge in [0.05, 0.1) is 13.2 Å². The third-order valence-electron chi connectivity index (χ3n) is 2.85. The van der Waals surface area contributed by atoms with E-state index in [1.54, 1.807) is 44.2 Å². The first kappa shape index (κ1) is 18.7. The van der Waals surface area contributed by atoms with E-state index in [1.165, 1.54) is 12.2 Å². The molecule has 23 heavy (non-hydrogen) atoms. The lowest BCUT2D eigenvalue weighted by molar-refractivity contribution is -0.137. The number of carbonyl (C=O) groups excluding carboxylic acids is 2. The van der Waals surface area contributed by atoms with Crippen LogP contribution in [-0.2, 0) is 9.53 Å². The fourth-order valence-corrected chi connectivity index (χ4v) is 1.70. The van der Waals surface area contributed by atoms with E-state index in [0.717, 1.165) is 5.75 Å². The lowest BCUT2D eigenvalue weighted by Gasteiger charge is -2.08. The van der Waals surface area contributed by atoms with Crippen LogP contribution in [-0.4, -0.2) is 25.0 Å². The predicted molar refractivity (Wildman–Crippen MR) is 90.6 cm³/mol. The van der Waals surface area contributed by atoms with E-state index in [-0.39, 0.29) is 5.78 Å². The van der Waals surface area contributed by atoms with Gasteiger partial charge in [0.2, 0.25) is 0 Å². The zero-order valence-corrected chi connectivity index (χ0v) is 14.2. The van der Waals surface area contributed by atoms with Crippen LogP contribution in [0.15, 0.2) is 48.1 Å². The number of benzene rings is 1. The monoisotopic (exact) mass is 316 g/mol. The molecule has 1 rings (SSSR count). The zero-order chi connectivity index (χ0) is 17.2. The van der Waals surface area contributed by atoms with E-state index in [9.17, 15) is 9.59 Å². The third-order valence-corrected chi connectivity index (χ3v) is 2.85. The van der Waals surface area contributed by atoms with Gasteiger partial charge in [-0.05, 0) is 55.7 Å². The van der Waals surface area contributed by atoms with E-state index in [4.69, 9.17) is 9.47 Å². The van der Waals surface area contributed by atoms with E-state index >= 15 is 0 Å². The number of carbonyl (C=O) groups is 2. The highest BCUT2D eigenvalue weighted by Gasteiger charge is 2.03. The third kappa shape index (κ3) is 7.45. The first-order chi connectivity index (χ1) is 10.9. The van der Waals surface area contributed by atoms with E-state index in [2.05, 4.69) is 13.8 Å². The Morgan fingerprint density at radius 1 is 1.13 bits per heavy atom. The summed E-state index contributed by atoms with van der Waals surface area (Å²) in [6.07, 6.45) is 4.40. The van der Waals surface area contributed by atoms with Crippen LogP contribution in [0.25, 0.3) is 0 Å². The van der Waals surface area contributed by atoms with Gasteiger partial charge in [-0.25, -0.2) is 4.79 Å². The molecule has 0 heterocycles. The van der Waals surface area contributed by atoms with Crippen LogP contribution in [0.1, 0.15) is 38.1 Å². The Morgan fingerprint density at radius 2 is 1.78 bits per heavy atom. The molecule has 0 saturated heterocycles. The molecule has 4 nitrogen and oxygen atoms in total. The molecule has 0 aliphatic carbocycles. The summed E-state index contributed by atoms with van der Waals surface area (Å²) in [5, 5.41) is 0. The van der Waals surface area contributed by atoms with Crippen molar-refractivity contribution in [3.05, 3.63) is 53.6 Å². The molecule has 0 fully saturated rings. The van der Waals surface area contributed by atoms with Crippen molar-refractivity contribution in [2.24, 2.45) is 5.92 Å². The predicted octanol–water partition coefficient (Wildman–Crippen LogP) is 3.97. The maximum absolute atomic E-state index is 12.1. The summed E-state index contributed by atoms with van der Waals surface area (Å²) >= 11 is 0. The van der Waals surface area contributed by atoms with Gasteiger partial charge < -0.3 is 9.47 Å². The van der Waals surface area contributed by atoms with Crippen LogP contribution in [0.5, 0.6) is 5.75 Å². The smallest absolute Gasteiger partial charge is 0.330 e. The Kier molecular flexibility index (Phi) is 7.81. The Morgan fingerprint density at radius 3 is 2.35 bits per heavy atom. The average molecular weight is 316 g/mol. The second-order valence-corrected chi connectivity index (χ2v) is 5.57. The molecule has 0 saturated carbocycles. The van der Waals surface area contributed by atoms with Crippen molar-refractivity contribution in [1.29, 1.82) is 0 Å². The molecule has 0 radical (unpaired) electrons. The van der Waals surface area contributed by atoms with E-state index < -0.39 is 5.97 Å². The number of allylic oxidation sites excluding steroid dienone is 3. The minimum absolute atomic E-state index is 0.128. The lowest BCUT2D eigenvalue weighted by Crippen LogP contribution is -2.04. The largest absolute Gasteiger partial charge is 0.493 e. The molecule has 0 atom stereocenters. The minimum atomic E-state index is -0.409. The van der Waals surface area contributed by atoms with Crippen molar-refractivity contribution in [3.63, 3.8) is 0 Å². The zero-order valence-electron chi connectivity index (χ0n) is 14.2. The molecular formula is C19H24O4. The van der Waals surface area contributed by atoms with Gasteiger partial charge in [0.15, 0.2) is 5.78 Å². The van der Waals surface area contributed by atoms with Crippen molar-refractivity contribution in [2.45, 2.75) is 27.7 Å². The van der Waals surface area contributed by atoms with Crippen molar-refractivity contribution >= 4 is 11.8 Å². The molecule has 0 N–H and O–H groups in total. The molecule has 0 aliphatic heterocycles. The summed E-state index contributed by atoms with van der Waals surface area (Å²) in [6, 6.07) is 7.02. The van der Waals surface area contributed by atoms with Gasteiger partial charge in [0.25, 0.3) is 0 Å². The number of ether oxygens (including phenoxy) is 2. The maximum Gasteiger partial charge on any atom is 0.330 e. The fraction of sp³-hybridized carbons (Fsp3) is 0.368. The van der Waals surface area contributed by atoms with Gasteiger partial charge >= 0.3 is 5.97 Å². The molecule has 4 heteroatoms. The molecule has 0 amide bonds. The molecule has 124 valence electrons. The average Bonchev–Trinajstić information content (AvgIpc) is 2.51. The lowest BCUT2D eigenvalue weighted by atomic mass is 10.1. The number of rotatable bonds is 8. The Bertz CT molecular complexity index is 580. The molecule has 0 aliphatic rings. The molecule has 0 unspecified atom stereocenters. The van der Waals surface area contributed by atoms with Crippen LogP contribution in [0.3, 0.4) is 0 Å². The summed E-state index contributed by atoms with van der Waals surface area (Å²) < 4.78 is 10.4. The molecule has 1 aromatic carbocycles. The topological polar surface area (TPSA) is 52.6 Å². The standard InChI is InChI=1S/C19H24O4/c1-5-22-19(21)12-15(4)6-11-18(20)16-7-9-17(10-8-16)23-13-14(2)3/h6-12,14H,5,13H2,1-4H3. The van der Waals surface area contributed by atoms with Crippen molar-refractivity contribution in [1.82, 2.24) is 0 Å². The van der Waals surface area contributed by atoms with Gasteiger partial charge in [-0.3, -0.25) is 4.79 Å². The van der Waals surface area contributed by atoms with E-state index in [1.807, 2.05) is 0 Å². The first-order valence-corrected chi connectivity index (χ1v) is 7.72. The maximum atomic E-state index is 12.1. The van der Waals surface area contributed by atoms with Gasteiger partial charge in [0.1, 0.15) is 5.75 Å². The quantitative estimate of drug-likeness (QED) is 0.315. The summed E-state index contributed by atoms with van der Waals surface area (Å²) in [6.45, 7) is 8.61. The fourth-order valence-electron chi connectivity index (χ4n) is 1.70. The Balaban J connectivity index is 2.63. The number of hydrogen-bond acceptors (Lipinski definition) is 4. The Hall–Kier alpha value is -2.36. The summed E-state index contributed by atoms with van der Waals surface area (Å²) in [5.74, 6) is 0.664. The number of hydrogen-bond donors (Lipinski definition) is 0. The highest BCUT2D eigenvalue weighted by atomic mass is 16.5. The molecule has 0 spiro atoms. The van der Waals surface area contributed by atoms with Gasteiger partial charge in [-0.2, -0.15) is 0 Å². The highest BCUT2D eigenvalue weighted by Crippen LogP contribution is 2.14. The van der Waals surface area contributed by atoms with Gasteiger partial charge in [-0.15, -0.1) is 0 Å². The van der Waals surface area contributed by atoms with Crippen molar-refractivity contribution in [3.8, 4) is 5.75 Å². The van der Waals surface area contributed by atoms with Crippen LogP contribution in [0.4, 0.5) is 0 Å².